The number of anilines is 2. The van der Waals surface area contributed by atoms with Gasteiger partial charge in [-0.1, -0.05) is 33.8 Å². The zero-order valence-electron chi connectivity index (χ0n) is 15.2. The SMILES string of the molecule is CC(CC(=O)Nc1cccc(C(=O)Nc2ccncc2)c1)C(C)(C)C. The zero-order chi connectivity index (χ0) is 18.4. The third kappa shape index (κ3) is 5.71. The van der Waals surface area contributed by atoms with Gasteiger partial charge in [0.25, 0.3) is 5.91 Å². The average molecular weight is 339 g/mol. The predicted octanol–water partition coefficient (Wildman–Crippen LogP) is 4.34. The van der Waals surface area contributed by atoms with Gasteiger partial charge >= 0.3 is 0 Å². The van der Waals surface area contributed by atoms with Gasteiger partial charge in [0.1, 0.15) is 0 Å². The van der Waals surface area contributed by atoms with E-state index in [1.165, 1.54) is 0 Å². The molecule has 1 aromatic carbocycles. The van der Waals surface area contributed by atoms with Crippen LogP contribution >= 0.6 is 0 Å². The molecule has 1 atom stereocenters. The molecule has 2 amide bonds. The summed E-state index contributed by atoms with van der Waals surface area (Å²) in [7, 11) is 0. The van der Waals surface area contributed by atoms with Gasteiger partial charge in [-0.15, -0.1) is 0 Å². The molecule has 0 aliphatic carbocycles. The largest absolute Gasteiger partial charge is 0.326 e. The normalized spacial score (nSPS) is 12.3. The number of carbonyl (C=O) groups is 2. The van der Waals surface area contributed by atoms with E-state index >= 15 is 0 Å². The highest BCUT2D eigenvalue weighted by Gasteiger charge is 2.22. The molecule has 2 N–H and O–H groups in total. The minimum Gasteiger partial charge on any atom is -0.326 e. The smallest absolute Gasteiger partial charge is 0.255 e. The molecule has 25 heavy (non-hydrogen) atoms. The van der Waals surface area contributed by atoms with E-state index in [0.717, 1.165) is 0 Å². The van der Waals surface area contributed by atoms with E-state index in [2.05, 4.69) is 43.3 Å². The summed E-state index contributed by atoms with van der Waals surface area (Å²) < 4.78 is 0. The zero-order valence-corrected chi connectivity index (χ0v) is 15.2. The first-order chi connectivity index (χ1) is 11.8. The Kier molecular flexibility index (Phi) is 5.91. The number of nitrogens with zero attached hydrogens (tertiary/aromatic N) is 1. The minimum absolute atomic E-state index is 0.0471. The second kappa shape index (κ2) is 7.92. The van der Waals surface area contributed by atoms with Crippen LogP contribution in [0.5, 0.6) is 0 Å². The average Bonchev–Trinajstić information content (AvgIpc) is 2.55. The monoisotopic (exact) mass is 339 g/mol. The first-order valence-corrected chi connectivity index (χ1v) is 8.37. The van der Waals surface area contributed by atoms with Crippen LogP contribution in [0.15, 0.2) is 48.8 Å². The van der Waals surface area contributed by atoms with Gasteiger partial charge in [0.2, 0.25) is 5.91 Å². The van der Waals surface area contributed by atoms with E-state index in [1.807, 2.05) is 0 Å². The summed E-state index contributed by atoms with van der Waals surface area (Å²) in [5.41, 5.74) is 1.85. The fraction of sp³-hybridized carbons (Fsp3) is 0.350. The van der Waals surface area contributed by atoms with Crippen molar-refractivity contribution in [2.24, 2.45) is 11.3 Å². The van der Waals surface area contributed by atoms with E-state index in [4.69, 9.17) is 0 Å². The van der Waals surface area contributed by atoms with Crippen molar-refractivity contribution in [2.45, 2.75) is 34.1 Å². The molecule has 2 aromatic rings. The van der Waals surface area contributed by atoms with E-state index < -0.39 is 0 Å². The molecule has 1 aromatic heterocycles. The molecule has 0 aliphatic heterocycles. The predicted molar refractivity (Wildman–Crippen MR) is 100 cm³/mol. The number of amides is 2. The van der Waals surface area contributed by atoms with Crippen molar-refractivity contribution in [3.63, 3.8) is 0 Å². The number of rotatable bonds is 5. The van der Waals surface area contributed by atoms with Crippen LogP contribution in [-0.2, 0) is 4.79 Å². The molecule has 1 unspecified atom stereocenters. The van der Waals surface area contributed by atoms with Crippen molar-refractivity contribution in [2.75, 3.05) is 10.6 Å². The topological polar surface area (TPSA) is 71.1 Å². The van der Waals surface area contributed by atoms with Gasteiger partial charge in [-0.3, -0.25) is 14.6 Å². The fourth-order valence-electron chi connectivity index (χ4n) is 2.17. The summed E-state index contributed by atoms with van der Waals surface area (Å²) in [5, 5.41) is 5.67. The number of hydrogen-bond donors (Lipinski definition) is 2. The molecule has 0 saturated heterocycles. The number of benzene rings is 1. The van der Waals surface area contributed by atoms with Crippen LogP contribution in [0.1, 0.15) is 44.5 Å². The highest BCUT2D eigenvalue weighted by molar-refractivity contribution is 6.05. The Morgan fingerprint density at radius 2 is 1.72 bits per heavy atom. The van der Waals surface area contributed by atoms with Gasteiger partial charge in [-0.25, -0.2) is 0 Å². The quantitative estimate of drug-likeness (QED) is 0.851. The Morgan fingerprint density at radius 1 is 1.04 bits per heavy atom. The fourth-order valence-corrected chi connectivity index (χ4v) is 2.17. The molecule has 0 saturated carbocycles. The van der Waals surface area contributed by atoms with Crippen molar-refractivity contribution >= 4 is 23.2 Å². The van der Waals surface area contributed by atoms with Crippen LogP contribution in [-0.4, -0.2) is 16.8 Å². The standard InChI is InChI=1S/C20H25N3O2/c1-14(20(2,3)4)12-18(24)22-17-7-5-6-15(13-17)19(25)23-16-8-10-21-11-9-16/h5-11,13-14H,12H2,1-4H3,(H,22,24)(H,21,23,25). The Bertz CT molecular complexity index is 736. The minimum atomic E-state index is -0.231. The first-order valence-electron chi connectivity index (χ1n) is 8.37. The lowest BCUT2D eigenvalue weighted by Gasteiger charge is -2.26. The van der Waals surface area contributed by atoms with Crippen LogP contribution in [0.25, 0.3) is 0 Å². The van der Waals surface area contributed by atoms with Crippen LogP contribution < -0.4 is 10.6 Å². The van der Waals surface area contributed by atoms with Crippen LogP contribution in [0.2, 0.25) is 0 Å². The van der Waals surface area contributed by atoms with Crippen molar-refractivity contribution in [1.29, 1.82) is 0 Å². The van der Waals surface area contributed by atoms with E-state index in [9.17, 15) is 9.59 Å². The van der Waals surface area contributed by atoms with Gasteiger partial charge in [-0.2, -0.15) is 0 Å². The molecule has 0 radical (unpaired) electrons. The molecule has 2 rings (SSSR count). The molecular formula is C20H25N3O2. The molecule has 0 spiro atoms. The number of aromatic nitrogens is 1. The highest BCUT2D eigenvalue weighted by atomic mass is 16.2. The van der Waals surface area contributed by atoms with Gasteiger partial charge in [0, 0.05) is 35.8 Å². The van der Waals surface area contributed by atoms with E-state index in [0.29, 0.717) is 23.4 Å². The number of carbonyl (C=O) groups excluding carboxylic acids is 2. The molecule has 0 bridgehead atoms. The van der Waals surface area contributed by atoms with Gasteiger partial charge < -0.3 is 10.6 Å². The van der Waals surface area contributed by atoms with Crippen molar-refractivity contribution in [3.8, 4) is 0 Å². The van der Waals surface area contributed by atoms with Crippen molar-refractivity contribution in [1.82, 2.24) is 4.98 Å². The summed E-state index contributed by atoms with van der Waals surface area (Å²) in [6, 6.07) is 10.4. The Labute approximate surface area is 148 Å². The lowest BCUT2D eigenvalue weighted by Crippen LogP contribution is -2.24. The third-order valence-corrected chi connectivity index (χ3v) is 4.32. The summed E-state index contributed by atoms with van der Waals surface area (Å²) in [5.74, 6) is -0.0230. The van der Waals surface area contributed by atoms with Crippen LogP contribution in [0, 0.1) is 11.3 Å². The maximum atomic E-state index is 12.3. The molecule has 132 valence electrons. The molecule has 5 heteroatoms. The Morgan fingerprint density at radius 3 is 2.36 bits per heavy atom. The third-order valence-electron chi connectivity index (χ3n) is 4.32. The number of nitrogens with one attached hydrogen (secondary N) is 2. The van der Waals surface area contributed by atoms with Crippen LogP contribution in [0.4, 0.5) is 11.4 Å². The molecule has 5 nitrogen and oxygen atoms in total. The first kappa shape index (κ1) is 18.6. The van der Waals surface area contributed by atoms with Crippen molar-refractivity contribution in [3.05, 3.63) is 54.4 Å². The van der Waals surface area contributed by atoms with Gasteiger partial charge in [0.15, 0.2) is 0 Å². The Hall–Kier alpha value is -2.69. The summed E-state index contributed by atoms with van der Waals surface area (Å²) in [4.78, 5) is 28.5. The van der Waals surface area contributed by atoms with Crippen LogP contribution in [0.3, 0.4) is 0 Å². The Balaban J connectivity index is 2.01. The molecule has 1 heterocycles. The number of hydrogen-bond acceptors (Lipinski definition) is 3. The lowest BCUT2D eigenvalue weighted by molar-refractivity contribution is -0.117. The van der Waals surface area contributed by atoms with E-state index in [-0.39, 0.29) is 23.1 Å². The van der Waals surface area contributed by atoms with E-state index in [1.54, 1.807) is 48.8 Å². The summed E-state index contributed by atoms with van der Waals surface area (Å²) >= 11 is 0. The van der Waals surface area contributed by atoms with Gasteiger partial charge in [-0.05, 0) is 41.7 Å². The van der Waals surface area contributed by atoms with Crippen molar-refractivity contribution < 1.29 is 9.59 Å². The molecule has 0 fully saturated rings. The highest BCUT2D eigenvalue weighted by Crippen LogP contribution is 2.28. The number of pyridine rings is 1. The maximum Gasteiger partial charge on any atom is 0.255 e. The molecule has 0 aliphatic rings. The summed E-state index contributed by atoms with van der Waals surface area (Å²) in [6.45, 7) is 8.43. The maximum absolute atomic E-state index is 12.3. The second-order valence-electron chi connectivity index (χ2n) is 7.29. The lowest BCUT2D eigenvalue weighted by atomic mass is 9.80. The van der Waals surface area contributed by atoms with Gasteiger partial charge in [0.05, 0.1) is 0 Å². The second-order valence-corrected chi connectivity index (χ2v) is 7.29. The molecular weight excluding hydrogens is 314 g/mol. The summed E-state index contributed by atoms with van der Waals surface area (Å²) in [6.07, 6.45) is 3.67.